The molecule has 0 unspecified atom stereocenters. The van der Waals surface area contributed by atoms with Gasteiger partial charge in [-0.2, -0.15) is 0 Å². The highest BCUT2D eigenvalue weighted by Crippen LogP contribution is 2.16. The first-order chi connectivity index (χ1) is 10.00. The van der Waals surface area contributed by atoms with Crippen molar-refractivity contribution >= 4 is 15.7 Å². The summed E-state index contributed by atoms with van der Waals surface area (Å²) in [6.07, 6.45) is 0. The summed E-state index contributed by atoms with van der Waals surface area (Å²) >= 11 is 0. The number of anilines is 1. The van der Waals surface area contributed by atoms with E-state index in [9.17, 15) is 12.8 Å². The summed E-state index contributed by atoms with van der Waals surface area (Å²) in [4.78, 5) is 0. The van der Waals surface area contributed by atoms with E-state index in [4.69, 9.17) is 0 Å². The fraction of sp³-hybridized carbons (Fsp3) is 0.200. The highest BCUT2D eigenvalue weighted by molar-refractivity contribution is 7.91. The molecule has 4 nitrogen and oxygen atoms in total. The summed E-state index contributed by atoms with van der Waals surface area (Å²) in [6.45, 7) is 0.723. The average Bonchev–Trinajstić information content (AvgIpc) is 2.43. The van der Waals surface area contributed by atoms with E-state index in [1.807, 2.05) is 19.2 Å². The third kappa shape index (κ3) is 4.54. The van der Waals surface area contributed by atoms with Gasteiger partial charge in [0.2, 0.25) is 10.0 Å². The maximum Gasteiger partial charge on any atom is 0.237 e. The van der Waals surface area contributed by atoms with Crippen molar-refractivity contribution in [3.63, 3.8) is 0 Å². The Bertz CT molecular complexity index is 700. The lowest BCUT2D eigenvalue weighted by atomic mass is 10.1. The number of halogens is 1. The molecule has 0 aliphatic heterocycles. The van der Waals surface area contributed by atoms with Gasteiger partial charge < -0.3 is 5.32 Å². The monoisotopic (exact) mass is 308 g/mol. The molecule has 2 rings (SSSR count). The fourth-order valence-electron chi connectivity index (χ4n) is 1.92. The highest BCUT2D eigenvalue weighted by Gasteiger charge is 2.13. The van der Waals surface area contributed by atoms with E-state index in [0.717, 1.165) is 12.1 Å². The standard InChI is InChI=1S/C15H17FN2O2S/c1-17-10-12-6-8-13(9-7-12)11-21(19,20)18-15-5-3-2-4-14(15)16/h2-9,17-18H,10-11H2,1H3. The van der Waals surface area contributed by atoms with Gasteiger partial charge in [0.05, 0.1) is 11.4 Å². The van der Waals surface area contributed by atoms with Crippen LogP contribution in [-0.4, -0.2) is 15.5 Å². The Hall–Kier alpha value is -1.92. The Morgan fingerprint density at radius 1 is 1.00 bits per heavy atom. The Morgan fingerprint density at radius 2 is 1.62 bits per heavy atom. The van der Waals surface area contributed by atoms with Gasteiger partial charge in [0, 0.05) is 6.54 Å². The first-order valence-corrected chi connectivity index (χ1v) is 8.13. The molecular weight excluding hydrogens is 291 g/mol. The summed E-state index contributed by atoms with van der Waals surface area (Å²) in [7, 11) is -1.80. The first kappa shape index (κ1) is 15.5. The molecule has 2 aromatic rings. The number of sulfonamides is 1. The molecule has 21 heavy (non-hydrogen) atoms. The summed E-state index contributed by atoms with van der Waals surface area (Å²) < 4.78 is 39.8. The number of benzene rings is 2. The van der Waals surface area contributed by atoms with Crippen molar-refractivity contribution in [3.8, 4) is 0 Å². The smallest absolute Gasteiger partial charge is 0.237 e. The molecule has 0 atom stereocenters. The summed E-state index contributed by atoms with van der Waals surface area (Å²) in [5.74, 6) is -0.785. The molecule has 0 saturated carbocycles. The van der Waals surface area contributed by atoms with Crippen LogP contribution >= 0.6 is 0 Å². The zero-order valence-corrected chi connectivity index (χ0v) is 12.5. The van der Waals surface area contributed by atoms with E-state index in [0.29, 0.717) is 5.56 Å². The second-order valence-electron chi connectivity index (χ2n) is 4.69. The zero-order valence-electron chi connectivity index (χ0n) is 11.6. The van der Waals surface area contributed by atoms with Gasteiger partial charge in [-0.25, -0.2) is 12.8 Å². The zero-order chi connectivity index (χ0) is 15.3. The molecule has 0 aromatic heterocycles. The number of hydrogen-bond donors (Lipinski definition) is 2. The lowest BCUT2D eigenvalue weighted by Crippen LogP contribution is -2.16. The van der Waals surface area contributed by atoms with Crippen LogP contribution in [-0.2, 0) is 22.3 Å². The van der Waals surface area contributed by atoms with Crippen LogP contribution < -0.4 is 10.0 Å². The molecule has 0 aliphatic rings. The molecule has 0 radical (unpaired) electrons. The van der Waals surface area contributed by atoms with E-state index in [-0.39, 0.29) is 11.4 Å². The van der Waals surface area contributed by atoms with Gasteiger partial charge in [0.1, 0.15) is 5.82 Å². The van der Waals surface area contributed by atoms with E-state index in [1.54, 1.807) is 18.2 Å². The summed E-state index contributed by atoms with van der Waals surface area (Å²) in [5, 5.41) is 3.02. The van der Waals surface area contributed by atoms with Crippen LogP contribution in [0.3, 0.4) is 0 Å². The van der Waals surface area contributed by atoms with Gasteiger partial charge in [0.15, 0.2) is 0 Å². The molecule has 0 aliphatic carbocycles. The number of para-hydroxylation sites is 1. The van der Waals surface area contributed by atoms with Crippen molar-refractivity contribution in [3.05, 3.63) is 65.5 Å². The molecule has 6 heteroatoms. The second-order valence-corrected chi connectivity index (χ2v) is 6.41. The van der Waals surface area contributed by atoms with Crippen molar-refractivity contribution in [1.82, 2.24) is 5.32 Å². The SMILES string of the molecule is CNCc1ccc(CS(=O)(=O)Nc2ccccc2F)cc1. The third-order valence-electron chi connectivity index (χ3n) is 2.90. The van der Waals surface area contributed by atoms with Crippen molar-refractivity contribution in [1.29, 1.82) is 0 Å². The molecule has 0 heterocycles. The minimum absolute atomic E-state index is 0.0377. The third-order valence-corrected chi connectivity index (χ3v) is 4.14. The van der Waals surface area contributed by atoms with Gasteiger partial charge in [-0.3, -0.25) is 4.72 Å². The predicted molar refractivity (Wildman–Crippen MR) is 81.9 cm³/mol. The molecule has 0 bridgehead atoms. The van der Waals surface area contributed by atoms with Gasteiger partial charge in [-0.15, -0.1) is 0 Å². The lowest BCUT2D eigenvalue weighted by molar-refractivity contribution is 0.598. The van der Waals surface area contributed by atoms with Crippen LogP contribution in [0.25, 0.3) is 0 Å². The summed E-state index contributed by atoms with van der Waals surface area (Å²) in [6, 6.07) is 12.9. The molecule has 2 N–H and O–H groups in total. The largest absolute Gasteiger partial charge is 0.316 e. The number of rotatable bonds is 6. The molecule has 0 amide bonds. The number of hydrogen-bond acceptors (Lipinski definition) is 3. The minimum atomic E-state index is -3.64. The Kier molecular flexibility index (Phi) is 4.93. The highest BCUT2D eigenvalue weighted by atomic mass is 32.2. The topological polar surface area (TPSA) is 58.2 Å². The predicted octanol–water partition coefficient (Wildman–Crippen LogP) is 2.49. The molecule has 2 aromatic carbocycles. The van der Waals surface area contributed by atoms with Gasteiger partial charge in [0.25, 0.3) is 0 Å². The van der Waals surface area contributed by atoms with E-state index < -0.39 is 15.8 Å². The van der Waals surface area contributed by atoms with E-state index >= 15 is 0 Å². The Balaban J connectivity index is 2.09. The Labute approximate surface area is 124 Å². The van der Waals surface area contributed by atoms with Crippen molar-refractivity contribution in [2.24, 2.45) is 0 Å². The maximum absolute atomic E-state index is 13.5. The van der Waals surface area contributed by atoms with Gasteiger partial charge >= 0.3 is 0 Å². The van der Waals surface area contributed by atoms with Crippen LogP contribution in [0.4, 0.5) is 10.1 Å². The van der Waals surface area contributed by atoms with Crippen molar-refractivity contribution in [2.45, 2.75) is 12.3 Å². The van der Waals surface area contributed by atoms with Crippen LogP contribution in [0.15, 0.2) is 48.5 Å². The maximum atomic E-state index is 13.5. The minimum Gasteiger partial charge on any atom is -0.316 e. The number of nitrogens with one attached hydrogen (secondary N) is 2. The summed E-state index contributed by atoms with van der Waals surface area (Å²) in [5.41, 5.74) is 1.68. The first-order valence-electron chi connectivity index (χ1n) is 6.47. The van der Waals surface area contributed by atoms with Crippen LogP contribution in [0, 0.1) is 5.82 Å². The molecule has 112 valence electrons. The van der Waals surface area contributed by atoms with Crippen molar-refractivity contribution < 1.29 is 12.8 Å². The normalized spacial score (nSPS) is 11.3. The van der Waals surface area contributed by atoms with Crippen molar-refractivity contribution in [2.75, 3.05) is 11.8 Å². The van der Waals surface area contributed by atoms with Crippen LogP contribution in [0.1, 0.15) is 11.1 Å². The molecule has 0 saturated heterocycles. The molecule has 0 spiro atoms. The second kappa shape index (κ2) is 6.69. The van der Waals surface area contributed by atoms with Gasteiger partial charge in [-0.1, -0.05) is 36.4 Å². The molecular formula is C15H17FN2O2S. The van der Waals surface area contributed by atoms with Crippen LogP contribution in [0.2, 0.25) is 0 Å². The fourth-order valence-corrected chi connectivity index (χ4v) is 3.13. The van der Waals surface area contributed by atoms with E-state index in [2.05, 4.69) is 10.0 Å². The van der Waals surface area contributed by atoms with E-state index in [1.165, 1.54) is 18.2 Å². The van der Waals surface area contributed by atoms with Crippen LogP contribution in [0.5, 0.6) is 0 Å². The van der Waals surface area contributed by atoms with Gasteiger partial charge in [-0.05, 0) is 30.3 Å². The average molecular weight is 308 g/mol. The lowest BCUT2D eigenvalue weighted by Gasteiger charge is -2.09. The molecule has 0 fully saturated rings. The quantitative estimate of drug-likeness (QED) is 0.862. The Morgan fingerprint density at radius 3 is 2.24 bits per heavy atom.